The molecule has 2 unspecified atom stereocenters. The fourth-order valence-electron chi connectivity index (χ4n) is 2.29. The van der Waals surface area contributed by atoms with Crippen molar-refractivity contribution < 1.29 is 0 Å². The maximum Gasteiger partial charge on any atom is 0.0409 e. The molecule has 0 aliphatic heterocycles. The second-order valence-electron chi connectivity index (χ2n) is 5.21. The van der Waals surface area contributed by atoms with E-state index < -0.39 is 0 Å². The van der Waals surface area contributed by atoms with Crippen molar-refractivity contribution in [2.75, 3.05) is 0 Å². The molecule has 1 nitrogen and oxygen atoms in total. The Bertz CT molecular complexity index is 335. The lowest BCUT2D eigenvalue weighted by molar-refractivity contribution is 0.388. The Labute approximate surface area is 111 Å². The van der Waals surface area contributed by atoms with Crippen LogP contribution >= 0.6 is 11.6 Å². The Kier molecular flexibility index (Phi) is 6.01. The molecule has 0 amide bonds. The molecule has 0 saturated carbocycles. The average Bonchev–Trinajstić information content (AvgIpc) is 2.24. The number of nitrogens with one attached hydrogen (secondary N) is 1. The highest BCUT2D eigenvalue weighted by Gasteiger charge is 2.13. The van der Waals surface area contributed by atoms with E-state index in [1.807, 2.05) is 12.1 Å². The lowest BCUT2D eigenvalue weighted by Crippen LogP contribution is -2.31. The van der Waals surface area contributed by atoms with Crippen molar-refractivity contribution in [1.82, 2.24) is 5.32 Å². The summed E-state index contributed by atoms with van der Waals surface area (Å²) < 4.78 is 0. The number of rotatable bonds is 6. The summed E-state index contributed by atoms with van der Waals surface area (Å²) in [6.45, 7) is 8.99. The molecular formula is C15H24ClN. The molecule has 17 heavy (non-hydrogen) atoms. The van der Waals surface area contributed by atoms with Gasteiger partial charge in [-0.3, -0.25) is 0 Å². The molecule has 96 valence electrons. The number of hydrogen-bond acceptors (Lipinski definition) is 1. The number of halogens is 1. The molecule has 1 aromatic carbocycles. The van der Waals surface area contributed by atoms with Gasteiger partial charge in [-0.2, -0.15) is 0 Å². The Hall–Kier alpha value is -0.530. The van der Waals surface area contributed by atoms with Gasteiger partial charge in [-0.05, 0) is 43.4 Å². The van der Waals surface area contributed by atoms with Crippen molar-refractivity contribution in [2.24, 2.45) is 5.92 Å². The third-order valence-electron chi connectivity index (χ3n) is 2.97. The Morgan fingerprint density at radius 2 is 1.94 bits per heavy atom. The molecule has 0 heterocycles. The molecule has 0 bridgehead atoms. The summed E-state index contributed by atoms with van der Waals surface area (Å²) in [4.78, 5) is 0. The zero-order valence-electron chi connectivity index (χ0n) is 11.3. The normalized spacial score (nSPS) is 14.9. The van der Waals surface area contributed by atoms with Crippen molar-refractivity contribution in [3.8, 4) is 0 Å². The van der Waals surface area contributed by atoms with Crippen LogP contribution in [0.5, 0.6) is 0 Å². The van der Waals surface area contributed by atoms with E-state index >= 15 is 0 Å². The first-order valence-corrected chi connectivity index (χ1v) is 6.92. The molecule has 1 rings (SSSR count). The third kappa shape index (κ3) is 5.10. The molecule has 0 saturated heterocycles. The summed E-state index contributed by atoms with van der Waals surface area (Å²) in [6, 6.07) is 9.10. The van der Waals surface area contributed by atoms with Crippen LogP contribution in [0.4, 0.5) is 0 Å². The second kappa shape index (κ2) is 7.03. The summed E-state index contributed by atoms with van der Waals surface area (Å²) in [5.41, 5.74) is 1.29. The van der Waals surface area contributed by atoms with Gasteiger partial charge in [0.1, 0.15) is 0 Å². The van der Waals surface area contributed by atoms with Crippen molar-refractivity contribution in [3.63, 3.8) is 0 Å². The summed E-state index contributed by atoms with van der Waals surface area (Å²) >= 11 is 6.04. The Morgan fingerprint density at radius 1 is 1.24 bits per heavy atom. The van der Waals surface area contributed by atoms with E-state index in [4.69, 9.17) is 11.6 Å². The van der Waals surface area contributed by atoms with Gasteiger partial charge < -0.3 is 5.32 Å². The van der Waals surface area contributed by atoms with E-state index in [1.165, 1.54) is 12.0 Å². The molecule has 2 heteroatoms. The van der Waals surface area contributed by atoms with E-state index in [2.05, 4.69) is 45.1 Å². The quantitative estimate of drug-likeness (QED) is 0.767. The van der Waals surface area contributed by atoms with Gasteiger partial charge in [0.15, 0.2) is 0 Å². The fraction of sp³-hybridized carbons (Fsp3) is 0.600. The highest BCUT2D eigenvalue weighted by molar-refractivity contribution is 6.30. The van der Waals surface area contributed by atoms with Crippen LogP contribution in [-0.2, 0) is 0 Å². The molecule has 0 radical (unpaired) electrons. The molecule has 0 aromatic heterocycles. The van der Waals surface area contributed by atoms with Crippen molar-refractivity contribution >= 4 is 11.6 Å². The topological polar surface area (TPSA) is 12.0 Å². The van der Waals surface area contributed by atoms with Crippen LogP contribution in [0.2, 0.25) is 5.02 Å². The van der Waals surface area contributed by atoms with E-state index in [0.717, 1.165) is 17.4 Å². The molecule has 1 N–H and O–H groups in total. The van der Waals surface area contributed by atoms with Gasteiger partial charge in [-0.15, -0.1) is 0 Å². The standard InChI is InChI=1S/C15H24ClN/c1-5-15(17-12(4)9-11(2)3)13-7-6-8-14(16)10-13/h6-8,10-12,15,17H,5,9H2,1-4H3. The van der Waals surface area contributed by atoms with Crippen LogP contribution in [0.3, 0.4) is 0 Å². The zero-order valence-corrected chi connectivity index (χ0v) is 12.1. The maximum absolute atomic E-state index is 6.04. The number of benzene rings is 1. The molecule has 0 aliphatic carbocycles. The van der Waals surface area contributed by atoms with E-state index in [1.54, 1.807) is 0 Å². The Morgan fingerprint density at radius 3 is 2.47 bits per heavy atom. The molecule has 2 atom stereocenters. The fourth-order valence-corrected chi connectivity index (χ4v) is 2.49. The van der Waals surface area contributed by atoms with E-state index in [9.17, 15) is 0 Å². The van der Waals surface area contributed by atoms with Crippen LogP contribution in [0.15, 0.2) is 24.3 Å². The SMILES string of the molecule is CCC(NC(C)CC(C)C)c1cccc(Cl)c1. The van der Waals surface area contributed by atoms with Crippen LogP contribution in [-0.4, -0.2) is 6.04 Å². The predicted octanol–water partition coefficient (Wildman–Crippen LogP) is 4.82. The summed E-state index contributed by atoms with van der Waals surface area (Å²) in [5.74, 6) is 0.731. The van der Waals surface area contributed by atoms with E-state index in [-0.39, 0.29) is 0 Å². The van der Waals surface area contributed by atoms with Crippen molar-refractivity contribution in [1.29, 1.82) is 0 Å². The lowest BCUT2D eigenvalue weighted by atomic mass is 10.0. The summed E-state index contributed by atoms with van der Waals surface area (Å²) in [7, 11) is 0. The lowest BCUT2D eigenvalue weighted by Gasteiger charge is -2.24. The van der Waals surface area contributed by atoms with Gasteiger partial charge in [0.25, 0.3) is 0 Å². The first-order valence-electron chi connectivity index (χ1n) is 6.54. The van der Waals surface area contributed by atoms with Gasteiger partial charge >= 0.3 is 0 Å². The first-order chi connectivity index (χ1) is 8.02. The smallest absolute Gasteiger partial charge is 0.0409 e. The van der Waals surface area contributed by atoms with Crippen molar-refractivity contribution in [2.45, 2.75) is 52.6 Å². The van der Waals surface area contributed by atoms with Crippen molar-refractivity contribution in [3.05, 3.63) is 34.9 Å². The predicted molar refractivity (Wildman–Crippen MR) is 76.5 cm³/mol. The van der Waals surface area contributed by atoms with Gasteiger partial charge in [0.2, 0.25) is 0 Å². The molecule has 0 spiro atoms. The summed E-state index contributed by atoms with van der Waals surface area (Å²) in [6.07, 6.45) is 2.29. The molecule has 0 fully saturated rings. The average molecular weight is 254 g/mol. The number of hydrogen-bond donors (Lipinski definition) is 1. The monoisotopic (exact) mass is 253 g/mol. The van der Waals surface area contributed by atoms with Gasteiger partial charge in [-0.1, -0.05) is 44.5 Å². The minimum atomic E-state index is 0.405. The van der Waals surface area contributed by atoms with Gasteiger partial charge in [0.05, 0.1) is 0 Å². The molecule has 0 aliphatic rings. The zero-order chi connectivity index (χ0) is 12.8. The van der Waals surface area contributed by atoms with Crippen LogP contribution in [0.1, 0.15) is 52.1 Å². The second-order valence-corrected chi connectivity index (χ2v) is 5.65. The van der Waals surface area contributed by atoms with Gasteiger partial charge in [-0.25, -0.2) is 0 Å². The first kappa shape index (κ1) is 14.5. The minimum Gasteiger partial charge on any atom is -0.307 e. The maximum atomic E-state index is 6.04. The van der Waals surface area contributed by atoms with Crippen LogP contribution < -0.4 is 5.32 Å². The van der Waals surface area contributed by atoms with E-state index in [0.29, 0.717) is 12.1 Å². The Balaban J connectivity index is 2.65. The highest BCUT2D eigenvalue weighted by Crippen LogP contribution is 2.21. The highest BCUT2D eigenvalue weighted by atomic mass is 35.5. The van der Waals surface area contributed by atoms with Crippen LogP contribution in [0, 0.1) is 5.92 Å². The largest absolute Gasteiger partial charge is 0.307 e. The summed E-state index contributed by atoms with van der Waals surface area (Å²) in [5, 5.41) is 4.50. The van der Waals surface area contributed by atoms with Crippen LogP contribution in [0.25, 0.3) is 0 Å². The third-order valence-corrected chi connectivity index (χ3v) is 3.21. The molecular weight excluding hydrogens is 230 g/mol. The molecule has 1 aromatic rings. The minimum absolute atomic E-state index is 0.405. The van der Waals surface area contributed by atoms with Gasteiger partial charge in [0, 0.05) is 17.1 Å².